The Kier molecular flexibility index (Phi) is 5.06. The molecule has 0 aliphatic carbocycles. The van der Waals surface area contributed by atoms with Gasteiger partial charge in [-0.3, -0.25) is 0 Å². The van der Waals surface area contributed by atoms with E-state index in [2.05, 4.69) is 5.73 Å². The minimum absolute atomic E-state index is 0. The van der Waals surface area contributed by atoms with Crippen molar-refractivity contribution in [2.75, 3.05) is 7.11 Å². The summed E-state index contributed by atoms with van der Waals surface area (Å²) in [7, 11) is 1.60. The zero-order valence-corrected chi connectivity index (χ0v) is 8.32. The number of halogens is 2. The maximum atomic E-state index is 5.86. The van der Waals surface area contributed by atoms with Crippen molar-refractivity contribution < 1.29 is 22.9 Å². The predicted octanol–water partition coefficient (Wildman–Crippen LogP) is -1.91. The summed E-state index contributed by atoms with van der Waals surface area (Å²) in [6, 6.07) is 5.67. The van der Waals surface area contributed by atoms with Crippen LogP contribution in [0.1, 0.15) is 5.56 Å². The highest BCUT2D eigenvalue weighted by Crippen LogP contribution is 2.24. The summed E-state index contributed by atoms with van der Waals surface area (Å²) >= 11 is 5.86. The molecule has 0 saturated heterocycles. The summed E-state index contributed by atoms with van der Waals surface area (Å²) in [5.41, 5.74) is 4.87. The molecule has 3 N–H and O–H groups in total. The van der Waals surface area contributed by atoms with Crippen molar-refractivity contribution in [2.45, 2.75) is 6.54 Å². The summed E-state index contributed by atoms with van der Waals surface area (Å²) in [5.74, 6) is 0.712. The Labute approximate surface area is 83.1 Å². The molecule has 0 bridgehead atoms. The quantitative estimate of drug-likeness (QED) is 0.605. The lowest BCUT2D eigenvalue weighted by atomic mass is 10.2. The van der Waals surface area contributed by atoms with Gasteiger partial charge in [0, 0.05) is 5.56 Å². The molecule has 1 rings (SSSR count). The van der Waals surface area contributed by atoms with E-state index in [0.29, 0.717) is 10.8 Å². The van der Waals surface area contributed by atoms with Gasteiger partial charge >= 0.3 is 0 Å². The fraction of sp³-hybridized carbons (Fsp3) is 0.250. The standard InChI is InChI=1S/C8H10ClNO.ClH/c1-11-8-3-2-6(5-10)4-7(8)9;/h2-4H,5,10H2,1H3;1H. The summed E-state index contributed by atoms with van der Waals surface area (Å²) in [4.78, 5) is 0. The summed E-state index contributed by atoms with van der Waals surface area (Å²) in [5, 5.41) is 0.647. The van der Waals surface area contributed by atoms with Crippen LogP contribution >= 0.6 is 11.6 Å². The molecule has 1 aromatic carbocycles. The maximum Gasteiger partial charge on any atom is 0.137 e. The number of rotatable bonds is 2. The third-order valence-electron chi connectivity index (χ3n) is 1.50. The number of ether oxygens (including phenoxy) is 1. The molecule has 0 heterocycles. The zero-order valence-electron chi connectivity index (χ0n) is 6.81. The molecule has 0 unspecified atom stereocenters. The van der Waals surface area contributed by atoms with Crippen LogP contribution in [0.2, 0.25) is 5.02 Å². The van der Waals surface area contributed by atoms with Gasteiger partial charge < -0.3 is 22.9 Å². The highest BCUT2D eigenvalue weighted by Gasteiger charge is 2.00. The second kappa shape index (κ2) is 5.25. The topological polar surface area (TPSA) is 36.9 Å². The van der Waals surface area contributed by atoms with Crippen LogP contribution in [0.4, 0.5) is 0 Å². The number of hydrogen-bond donors (Lipinski definition) is 1. The fourth-order valence-electron chi connectivity index (χ4n) is 0.865. The average Bonchev–Trinajstić information content (AvgIpc) is 2.04. The van der Waals surface area contributed by atoms with Gasteiger partial charge in [-0.15, -0.1) is 0 Å². The van der Waals surface area contributed by atoms with Crippen LogP contribution in [0.3, 0.4) is 0 Å². The van der Waals surface area contributed by atoms with Crippen LogP contribution in [0, 0.1) is 0 Å². The maximum absolute atomic E-state index is 5.86. The largest absolute Gasteiger partial charge is 1.00 e. The normalized spacial score (nSPS) is 8.92. The van der Waals surface area contributed by atoms with Crippen molar-refractivity contribution in [3.05, 3.63) is 28.8 Å². The van der Waals surface area contributed by atoms with Crippen LogP contribution in [-0.4, -0.2) is 7.11 Å². The van der Waals surface area contributed by atoms with Gasteiger partial charge in [0.15, 0.2) is 0 Å². The van der Waals surface area contributed by atoms with Crippen LogP contribution < -0.4 is 22.9 Å². The fourth-order valence-corrected chi connectivity index (χ4v) is 1.15. The van der Waals surface area contributed by atoms with Crippen molar-refractivity contribution >= 4 is 11.6 Å². The SMILES string of the molecule is COc1ccc(C[NH3+])cc1Cl.[Cl-]. The van der Waals surface area contributed by atoms with Gasteiger partial charge in [-0.25, -0.2) is 0 Å². The highest BCUT2D eigenvalue weighted by atomic mass is 35.5. The van der Waals surface area contributed by atoms with Gasteiger partial charge in [-0.2, -0.15) is 0 Å². The van der Waals surface area contributed by atoms with Crippen molar-refractivity contribution in [2.24, 2.45) is 0 Å². The number of hydrogen-bond acceptors (Lipinski definition) is 1. The third kappa shape index (κ3) is 2.55. The lowest BCUT2D eigenvalue weighted by molar-refractivity contribution is -0.386. The summed E-state index contributed by atoms with van der Waals surface area (Å²) < 4.78 is 4.99. The van der Waals surface area contributed by atoms with Gasteiger partial charge in [0.1, 0.15) is 5.75 Å². The molecule has 0 radical (unpaired) electrons. The van der Waals surface area contributed by atoms with E-state index in [9.17, 15) is 0 Å². The lowest BCUT2D eigenvalue weighted by Gasteiger charge is -2.02. The van der Waals surface area contributed by atoms with Crippen LogP contribution in [0.25, 0.3) is 0 Å². The Morgan fingerprint density at radius 2 is 2.17 bits per heavy atom. The first-order chi connectivity index (χ1) is 5.27. The molecule has 0 spiro atoms. The molecule has 4 heteroatoms. The Hall–Kier alpha value is -0.440. The van der Waals surface area contributed by atoms with E-state index in [-0.39, 0.29) is 12.4 Å². The van der Waals surface area contributed by atoms with Crippen molar-refractivity contribution in [1.82, 2.24) is 0 Å². The molecule has 0 saturated carbocycles. The molecular weight excluding hydrogens is 197 g/mol. The molecule has 0 aliphatic rings. The van der Waals surface area contributed by atoms with E-state index >= 15 is 0 Å². The Morgan fingerprint density at radius 1 is 1.50 bits per heavy atom. The van der Waals surface area contributed by atoms with E-state index in [4.69, 9.17) is 16.3 Å². The van der Waals surface area contributed by atoms with Crippen LogP contribution in [0.5, 0.6) is 5.75 Å². The van der Waals surface area contributed by atoms with E-state index in [1.165, 1.54) is 0 Å². The third-order valence-corrected chi connectivity index (χ3v) is 1.80. The number of methoxy groups -OCH3 is 1. The molecule has 2 nitrogen and oxygen atoms in total. The molecule has 0 aromatic heterocycles. The Morgan fingerprint density at radius 3 is 2.58 bits per heavy atom. The molecule has 0 atom stereocenters. The molecule has 12 heavy (non-hydrogen) atoms. The minimum atomic E-state index is 0. The van der Waals surface area contributed by atoms with Crippen LogP contribution in [-0.2, 0) is 6.54 Å². The first-order valence-electron chi connectivity index (χ1n) is 3.39. The van der Waals surface area contributed by atoms with Crippen LogP contribution in [0.15, 0.2) is 18.2 Å². The van der Waals surface area contributed by atoms with Gasteiger partial charge in [0.2, 0.25) is 0 Å². The average molecular weight is 208 g/mol. The van der Waals surface area contributed by atoms with Crippen molar-refractivity contribution in [1.29, 1.82) is 0 Å². The van der Waals surface area contributed by atoms with Gasteiger partial charge in [-0.05, 0) is 18.2 Å². The zero-order chi connectivity index (χ0) is 8.27. The first kappa shape index (κ1) is 11.6. The van der Waals surface area contributed by atoms with E-state index in [1.807, 2.05) is 18.2 Å². The smallest absolute Gasteiger partial charge is 0.137 e. The molecule has 68 valence electrons. The molecular formula is C8H11Cl2NO. The van der Waals surface area contributed by atoms with Gasteiger partial charge in [0.25, 0.3) is 0 Å². The van der Waals surface area contributed by atoms with E-state index < -0.39 is 0 Å². The first-order valence-corrected chi connectivity index (χ1v) is 3.77. The summed E-state index contributed by atoms with van der Waals surface area (Å²) in [6.45, 7) is 0.754. The Balaban J connectivity index is 0.00000121. The molecule has 0 aliphatic heterocycles. The van der Waals surface area contributed by atoms with E-state index in [0.717, 1.165) is 12.1 Å². The number of quaternary nitrogens is 1. The Bertz CT molecular complexity index is 253. The van der Waals surface area contributed by atoms with Gasteiger partial charge in [0.05, 0.1) is 18.7 Å². The molecule has 0 amide bonds. The molecule has 0 fully saturated rings. The number of benzene rings is 1. The second-order valence-corrected chi connectivity index (χ2v) is 2.63. The predicted molar refractivity (Wildman–Crippen MR) is 44.6 cm³/mol. The van der Waals surface area contributed by atoms with Gasteiger partial charge in [-0.1, -0.05) is 11.6 Å². The lowest BCUT2D eigenvalue weighted by Crippen LogP contribution is -3.00. The second-order valence-electron chi connectivity index (χ2n) is 2.22. The monoisotopic (exact) mass is 207 g/mol. The summed E-state index contributed by atoms with van der Waals surface area (Å²) in [6.07, 6.45) is 0. The van der Waals surface area contributed by atoms with Crippen molar-refractivity contribution in [3.63, 3.8) is 0 Å². The van der Waals surface area contributed by atoms with Crippen molar-refractivity contribution in [3.8, 4) is 5.75 Å². The molecule has 1 aromatic rings. The van der Waals surface area contributed by atoms with E-state index in [1.54, 1.807) is 7.11 Å². The minimum Gasteiger partial charge on any atom is -1.00 e. The highest BCUT2D eigenvalue weighted by molar-refractivity contribution is 6.32.